The number of benzene rings is 1. The number of aryl methyl sites for hydroxylation is 1. The monoisotopic (exact) mass is 605 g/mol. The van der Waals surface area contributed by atoms with E-state index in [1.807, 2.05) is 37.9 Å². The number of aromatic hydroxyl groups is 1. The molecule has 0 radical (unpaired) electrons. The van der Waals surface area contributed by atoms with Gasteiger partial charge in [-0.2, -0.15) is 5.10 Å². The van der Waals surface area contributed by atoms with Crippen LogP contribution in [0.3, 0.4) is 0 Å². The lowest BCUT2D eigenvalue weighted by Gasteiger charge is -2.52. The first-order valence-corrected chi connectivity index (χ1v) is 14.6. The number of nitrogens with two attached hydrogens (primary N) is 1. The lowest BCUT2D eigenvalue weighted by atomic mass is 9.52. The second-order valence-corrected chi connectivity index (χ2v) is 12.8. The molecule has 2 saturated carbocycles. The number of carbonyl (C=O) groups excluding carboxylic acids is 5. The lowest BCUT2D eigenvalue weighted by molar-refractivity contribution is -0.181. The molecular weight excluding hydrogens is 566 g/mol. The molecule has 44 heavy (non-hydrogen) atoms. The highest BCUT2D eigenvalue weighted by Crippen LogP contribution is 2.52. The normalized spacial score (nSPS) is 28.8. The number of fused-ring (bicyclic) bond motifs is 3. The molecule has 3 aliphatic carbocycles. The standard InChI is InChI=1S/C32H39N5O7/c1-7-15(2)12-36(5)13-17-9-19(18-11-34-37(6)14-18)20-8-16-10-21-25(35(3)4)28(40)24(31(33)43)30(42)32(21,44)29(41)22(16)27(39)23(20)26(17)38/h7,9,11,14,16,21-22,24-25,38,44H,8,10,12-13H2,1-6H3,(H2,33,43)/t16-,21-,22?,24?,25-,32-/m0/s1. The molecule has 0 bridgehead atoms. The number of amides is 1. The van der Waals surface area contributed by atoms with Gasteiger partial charge in [-0.05, 0) is 70.9 Å². The number of primary amides is 1. The Hall–Kier alpha value is -4.00. The first-order valence-electron chi connectivity index (χ1n) is 14.6. The summed E-state index contributed by atoms with van der Waals surface area (Å²) in [5.74, 6) is -10.6. The number of Topliss-reactive ketones (excluding diaryl/α,β-unsaturated/α-hetero) is 4. The molecular formula is C32H39N5O7. The van der Waals surface area contributed by atoms with Crippen molar-refractivity contribution in [3.63, 3.8) is 0 Å². The van der Waals surface area contributed by atoms with Crippen LogP contribution in [-0.2, 0) is 39.2 Å². The number of allylic oxidation sites excluding steroid dienone is 1. The topological polar surface area (TPSA) is 176 Å². The van der Waals surface area contributed by atoms with Gasteiger partial charge in [0.2, 0.25) is 5.91 Å². The summed E-state index contributed by atoms with van der Waals surface area (Å²) in [6, 6.07) is 0.691. The van der Waals surface area contributed by atoms with Gasteiger partial charge in [-0.15, -0.1) is 0 Å². The van der Waals surface area contributed by atoms with Crippen LogP contribution in [0.25, 0.3) is 11.1 Å². The molecule has 12 heteroatoms. The van der Waals surface area contributed by atoms with E-state index < -0.39 is 64.4 Å². The van der Waals surface area contributed by atoms with Crippen molar-refractivity contribution in [2.45, 2.75) is 44.9 Å². The Morgan fingerprint density at radius 1 is 1.20 bits per heavy atom. The molecule has 2 aromatic rings. The minimum Gasteiger partial charge on any atom is -0.507 e. The SMILES string of the molecule is CC=C(C)CN(C)Cc1cc(-c2cnn(C)c2)c2c(c1O)C(=O)C1C(=O)[C@]3(O)C(=O)C(C(N)=O)C(=O)[C@@H](N(C)C)[C@@H]3C[C@@H]1C2. The smallest absolute Gasteiger partial charge is 0.235 e. The minimum absolute atomic E-state index is 0.00967. The number of aromatic nitrogens is 2. The predicted octanol–water partition coefficient (Wildman–Crippen LogP) is 0.666. The molecule has 1 aromatic heterocycles. The quantitative estimate of drug-likeness (QED) is 0.300. The Morgan fingerprint density at radius 3 is 2.45 bits per heavy atom. The van der Waals surface area contributed by atoms with Crippen molar-refractivity contribution >= 4 is 29.0 Å². The summed E-state index contributed by atoms with van der Waals surface area (Å²) in [5, 5.41) is 27.7. The highest BCUT2D eigenvalue weighted by atomic mass is 16.3. The molecule has 5 rings (SSSR count). The zero-order valence-electron chi connectivity index (χ0n) is 25.8. The summed E-state index contributed by atoms with van der Waals surface area (Å²) in [4.78, 5) is 71.1. The fourth-order valence-corrected chi connectivity index (χ4v) is 7.53. The number of rotatable bonds is 7. The largest absolute Gasteiger partial charge is 0.507 e. The Labute approximate surface area is 255 Å². The molecule has 1 aromatic carbocycles. The number of phenols is 1. The fourth-order valence-electron chi connectivity index (χ4n) is 7.53. The van der Waals surface area contributed by atoms with E-state index in [1.165, 1.54) is 4.90 Å². The Balaban J connectivity index is 1.66. The van der Waals surface area contributed by atoms with Gasteiger partial charge in [0.05, 0.1) is 23.7 Å². The van der Waals surface area contributed by atoms with E-state index in [-0.39, 0.29) is 24.2 Å². The maximum absolute atomic E-state index is 14.3. The molecule has 12 nitrogen and oxygen atoms in total. The molecule has 2 unspecified atom stereocenters. The van der Waals surface area contributed by atoms with Crippen molar-refractivity contribution in [2.24, 2.45) is 36.5 Å². The van der Waals surface area contributed by atoms with E-state index in [9.17, 15) is 34.2 Å². The zero-order valence-corrected chi connectivity index (χ0v) is 25.8. The maximum Gasteiger partial charge on any atom is 0.235 e. The van der Waals surface area contributed by atoms with Crippen LogP contribution in [-0.4, -0.2) is 98.2 Å². The number of phenolic OH excluding ortho intramolecular Hbond substituents is 1. The van der Waals surface area contributed by atoms with Crippen molar-refractivity contribution in [3.8, 4) is 16.9 Å². The zero-order chi connectivity index (χ0) is 32.4. The second kappa shape index (κ2) is 11.2. The highest BCUT2D eigenvalue weighted by molar-refractivity contribution is 6.32. The van der Waals surface area contributed by atoms with E-state index in [0.29, 0.717) is 29.8 Å². The number of hydrogen-bond donors (Lipinski definition) is 3. The van der Waals surface area contributed by atoms with Crippen LogP contribution in [0.2, 0.25) is 0 Å². The molecule has 0 saturated heterocycles. The van der Waals surface area contributed by atoms with Gasteiger partial charge in [0.1, 0.15) is 5.75 Å². The van der Waals surface area contributed by atoms with Crippen LogP contribution in [0.5, 0.6) is 5.75 Å². The molecule has 2 fully saturated rings. The molecule has 0 spiro atoms. The molecule has 1 amide bonds. The van der Waals surface area contributed by atoms with E-state index in [0.717, 1.165) is 11.1 Å². The van der Waals surface area contributed by atoms with E-state index in [1.54, 1.807) is 38.2 Å². The fraction of sp³-hybridized carbons (Fsp3) is 0.500. The first-order chi connectivity index (χ1) is 20.6. The summed E-state index contributed by atoms with van der Waals surface area (Å²) < 4.78 is 1.63. The van der Waals surface area contributed by atoms with Crippen molar-refractivity contribution in [1.29, 1.82) is 0 Å². The van der Waals surface area contributed by atoms with Gasteiger partial charge in [-0.1, -0.05) is 11.6 Å². The van der Waals surface area contributed by atoms with Crippen LogP contribution < -0.4 is 5.73 Å². The molecule has 6 atom stereocenters. The number of hydrogen-bond acceptors (Lipinski definition) is 10. The van der Waals surface area contributed by atoms with Crippen molar-refractivity contribution in [1.82, 2.24) is 19.6 Å². The number of likely N-dealkylation sites (N-methyl/N-ethyl adjacent to an activating group) is 2. The number of nitrogens with zero attached hydrogens (tertiary/aromatic N) is 4. The van der Waals surface area contributed by atoms with Gasteiger partial charge in [0.15, 0.2) is 34.7 Å². The van der Waals surface area contributed by atoms with Crippen LogP contribution >= 0.6 is 0 Å². The van der Waals surface area contributed by atoms with Gasteiger partial charge >= 0.3 is 0 Å². The third-order valence-electron chi connectivity index (χ3n) is 9.61. The van der Waals surface area contributed by atoms with Crippen molar-refractivity contribution in [2.75, 3.05) is 27.7 Å². The predicted molar refractivity (Wildman–Crippen MR) is 159 cm³/mol. The summed E-state index contributed by atoms with van der Waals surface area (Å²) in [7, 11) is 6.78. The third kappa shape index (κ3) is 4.72. The van der Waals surface area contributed by atoms with Gasteiger partial charge in [0.25, 0.3) is 0 Å². The summed E-state index contributed by atoms with van der Waals surface area (Å²) in [6.07, 6.45) is 5.62. The molecule has 1 heterocycles. The van der Waals surface area contributed by atoms with Crippen LogP contribution in [0.1, 0.15) is 41.8 Å². The molecule has 234 valence electrons. The van der Waals surface area contributed by atoms with Gasteiger partial charge in [-0.25, -0.2) is 0 Å². The van der Waals surface area contributed by atoms with Gasteiger partial charge < -0.3 is 15.9 Å². The minimum atomic E-state index is -2.76. The first kappa shape index (κ1) is 31.4. The Kier molecular flexibility index (Phi) is 7.98. The third-order valence-corrected chi connectivity index (χ3v) is 9.61. The summed E-state index contributed by atoms with van der Waals surface area (Å²) in [6.45, 7) is 4.85. The maximum atomic E-state index is 14.3. The average Bonchev–Trinajstić information content (AvgIpc) is 3.37. The average molecular weight is 606 g/mol. The van der Waals surface area contributed by atoms with Crippen molar-refractivity contribution < 1.29 is 34.2 Å². The molecule has 3 aliphatic rings. The van der Waals surface area contributed by atoms with Crippen LogP contribution in [0.4, 0.5) is 0 Å². The highest BCUT2D eigenvalue weighted by Gasteiger charge is 2.69. The molecule has 0 aliphatic heterocycles. The summed E-state index contributed by atoms with van der Waals surface area (Å²) >= 11 is 0. The van der Waals surface area contributed by atoms with Gasteiger partial charge in [0, 0.05) is 43.4 Å². The molecule has 4 N–H and O–H groups in total. The van der Waals surface area contributed by atoms with Crippen molar-refractivity contribution in [3.05, 3.63) is 46.8 Å². The Morgan fingerprint density at radius 2 is 1.89 bits per heavy atom. The summed E-state index contributed by atoms with van der Waals surface area (Å²) in [5.41, 5.74) is 6.17. The second-order valence-electron chi connectivity index (χ2n) is 12.8. The number of ketones is 4. The van der Waals surface area contributed by atoms with Crippen LogP contribution in [0.15, 0.2) is 30.1 Å². The van der Waals surface area contributed by atoms with E-state index in [2.05, 4.69) is 5.10 Å². The van der Waals surface area contributed by atoms with Gasteiger partial charge in [-0.3, -0.25) is 38.5 Å². The lowest BCUT2D eigenvalue weighted by Crippen LogP contribution is -2.74. The number of aliphatic hydroxyl groups is 1. The Bertz CT molecular complexity index is 1620. The van der Waals surface area contributed by atoms with Crippen LogP contribution in [0, 0.1) is 23.7 Å². The van der Waals surface area contributed by atoms with E-state index in [4.69, 9.17) is 5.73 Å². The number of carbonyl (C=O) groups is 5. The van der Waals surface area contributed by atoms with E-state index >= 15 is 0 Å².